The molecule has 9 nitrogen and oxygen atoms in total. The van der Waals surface area contributed by atoms with Crippen LogP contribution in [0.2, 0.25) is 0 Å². The highest BCUT2D eigenvalue weighted by Crippen LogP contribution is 2.11. The smallest absolute Gasteiger partial charge is 0.326 e. The van der Waals surface area contributed by atoms with Gasteiger partial charge in [-0.15, -0.1) is 0 Å². The number of amides is 2. The van der Waals surface area contributed by atoms with Crippen LogP contribution in [0.25, 0.3) is 0 Å². The molecule has 0 saturated carbocycles. The largest absolute Gasteiger partial charge is 0.481 e. The van der Waals surface area contributed by atoms with Gasteiger partial charge in [0.15, 0.2) is 0 Å². The number of aliphatic carboxylic acids is 2. The molecule has 110 valence electrons. The molecule has 1 rings (SSSR count). The van der Waals surface area contributed by atoms with Crippen LogP contribution in [0.4, 0.5) is 4.79 Å². The van der Waals surface area contributed by atoms with Crippen LogP contribution in [0.5, 0.6) is 0 Å². The molecule has 1 aromatic rings. The quantitative estimate of drug-likeness (QED) is 0.587. The average Bonchev–Trinajstić information content (AvgIpc) is 2.74. The molecule has 0 fully saturated rings. The number of carboxylic acids is 2. The SMILES string of the molecule is Cc1cnc(C(C)NC(=O)NC(CC(=O)O)C(=O)O)o1. The van der Waals surface area contributed by atoms with Crippen molar-refractivity contribution in [3.63, 3.8) is 0 Å². The number of urea groups is 1. The molecule has 0 spiro atoms. The minimum atomic E-state index is -1.51. The van der Waals surface area contributed by atoms with E-state index < -0.39 is 36.5 Å². The number of oxazole rings is 1. The third kappa shape index (κ3) is 4.59. The first-order valence-electron chi connectivity index (χ1n) is 5.73. The number of carboxylic acid groups (broad SMARTS) is 2. The first kappa shape index (κ1) is 15.5. The van der Waals surface area contributed by atoms with Crippen LogP contribution >= 0.6 is 0 Å². The minimum absolute atomic E-state index is 0.266. The van der Waals surface area contributed by atoms with Gasteiger partial charge in [-0.2, -0.15) is 0 Å². The van der Waals surface area contributed by atoms with E-state index in [0.29, 0.717) is 5.76 Å². The number of hydrogen-bond donors (Lipinski definition) is 4. The summed E-state index contributed by atoms with van der Waals surface area (Å²) in [6, 6.07) is -2.91. The lowest BCUT2D eigenvalue weighted by Crippen LogP contribution is -2.47. The molecule has 2 amide bonds. The maximum absolute atomic E-state index is 11.6. The molecule has 0 radical (unpaired) electrons. The van der Waals surface area contributed by atoms with Gasteiger partial charge in [-0.25, -0.2) is 14.6 Å². The zero-order valence-corrected chi connectivity index (χ0v) is 10.9. The number of nitrogens with zero attached hydrogens (tertiary/aromatic N) is 1. The average molecular weight is 285 g/mol. The van der Waals surface area contributed by atoms with Gasteiger partial charge >= 0.3 is 18.0 Å². The van der Waals surface area contributed by atoms with Crippen molar-refractivity contribution in [1.82, 2.24) is 15.6 Å². The van der Waals surface area contributed by atoms with Crippen LogP contribution in [0.1, 0.15) is 31.0 Å². The van der Waals surface area contributed by atoms with E-state index in [1.165, 1.54) is 6.20 Å². The second-order valence-corrected chi connectivity index (χ2v) is 4.14. The number of aryl methyl sites for hydroxylation is 1. The van der Waals surface area contributed by atoms with E-state index in [2.05, 4.69) is 15.6 Å². The Bertz CT molecular complexity index is 512. The van der Waals surface area contributed by atoms with Crippen LogP contribution in [0.15, 0.2) is 10.6 Å². The lowest BCUT2D eigenvalue weighted by molar-refractivity contribution is -0.145. The summed E-state index contributed by atoms with van der Waals surface area (Å²) in [6.07, 6.45) is 0.769. The summed E-state index contributed by atoms with van der Waals surface area (Å²) in [6.45, 7) is 3.29. The van der Waals surface area contributed by atoms with E-state index in [9.17, 15) is 14.4 Å². The van der Waals surface area contributed by atoms with Gasteiger partial charge in [0.2, 0.25) is 5.89 Å². The van der Waals surface area contributed by atoms with E-state index in [1.54, 1.807) is 13.8 Å². The molecule has 1 aromatic heterocycles. The van der Waals surface area contributed by atoms with Crippen molar-refractivity contribution in [3.05, 3.63) is 17.8 Å². The Balaban J connectivity index is 2.57. The van der Waals surface area contributed by atoms with Crippen molar-refractivity contribution < 1.29 is 29.0 Å². The molecule has 9 heteroatoms. The Morgan fingerprint density at radius 1 is 1.35 bits per heavy atom. The Hall–Kier alpha value is -2.58. The van der Waals surface area contributed by atoms with Crippen molar-refractivity contribution in [3.8, 4) is 0 Å². The molecule has 0 aromatic carbocycles. The van der Waals surface area contributed by atoms with Crippen molar-refractivity contribution in [1.29, 1.82) is 0 Å². The Kier molecular flexibility index (Phi) is 5.07. The van der Waals surface area contributed by atoms with Crippen molar-refractivity contribution in [2.24, 2.45) is 0 Å². The van der Waals surface area contributed by atoms with Gasteiger partial charge in [0, 0.05) is 0 Å². The van der Waals surface area contributed by atoms with Gasteiger partial charge in [0.25, 0.3) is 0 Å². The van der Waals surface area contributed by atoms with Crippen LogP contribution in [0.3, 0.4) is 0 Å². The lowest BCUT2D eigenvalue weighted by Gasteiger charge is -2.15. The number of nitrogens with one attached hydrogen (secondary N) is 2. The molecular formula is C11H15N3O6. The van der Waals surface area contributed by atoms with Crippen molar-refractivity contribution in [2.45, 2.75) is 32.4 Å². The van der Waals surface area contributed by atoms with Gasteiger partial charge in [0.1, 0.15) is 17.8 Å². The normalized spacial score (nSPS) is 13.3. The summed E-state index contributed by atoms with van der Waals surface area (Å²) < 4.78 is 5.20. The fourth-order valence-corrected chi connectivity index (χ4v) is 1.41. The zero-order chi connectivity index (χ0) is 15.3. The topological polar surface area (TPSA) is 142 Å². The van der Waals surface area contributed by atoms with E-state index >= 15 is 0 Å². The minimum Gasteiger partial charge on any atom is -0.481 e. The number of carbonyl (C=O) groups excluding carboxylic acids is 1. The highest BCUT2D eigenvalue weighted by atomic mass is 16.4. The summed E-state index contributed by atoms with van der Waals surface area (Å²) >= 11 is 0. The Labute approximate surface area is 114 Å². The van der Waals surface area contributed by atoms with Crippen LogP contribution in [0, 0.1) is 6.92 Å². The molecular weight excluding hydrogens is 270 g/mol. The van der Waals surface area contributed by atoms with E-state index in [-0.39, 0.29) is 5.89 Å². The summed E-state index contributed by atoms with van der Waals surface area (Å²) in [5, 5.41) is 21.8. The molecule has 20 heavy (non-hydrogen) atoms. The number of hydrogen-bond acceptors (Lipinski definition) is 5. The van der Waals surface area contributed by atoms with Gasteiger partial charge in [-0.3, -0.25) is 4.79 Å². The first-order chi connectivity index (χ1) is 9.29. The van der Waals surface area contributed by atoms with Gasteiger partial charge in [-0.05, 0) is 13.8 Å². The van der Waals surface area contributed by atoms with E-state index in [0.717, 1.165) is 0 Å². The second-order valence-electron chi connectivity index (χ2n) is 4.14. The second kappa shape index (κ2) is 6.55. The third-order valence-corrected chi connectivity index (χ3v) is 2.34. The summed E-state index contributed by atoms with van der Waals surface area (Å²) in [4.78, 5) is 36.8. The molecule has 0 aliphatic carbocycles. The van der Waals surface area contributed by atoms with Gasteiger partial charge < -0.3 is 25.3 Å². The summed E-state index contributed by atoms with van der Waals surface area (Å²) in [7, 11) is 0. The van der Waals surface area contributed by atoms with E-state index in [1.807, 2.05) is 0 Å². The predicted molar refractivity (Wildman–Crippen MR) is 65.0 cm³/mol. The molecule has 1 heterocycles. The standard InChI is InChI=1S/C11H15N3O6/c1-5-4-12-9(20-5)6(2)13-11(19)14-7(10(17)18)3-8(15)16/h4,6-7H,3H2,1-2H3,(H,15,16)(H,17,18)(H2,13,14,19). The van der Waals surface area contributed by atoms with Gasteiger partial charge in [0.05, 0.1) is 12.6 Å². The molecule has 2 unspecified atom stereocenters. The first-order valence-corrected chi connectivity index (χ1v) is 5.73. The third-order valence-electron chi connectivity index (χ3n) is 2.34. The summed E-state index contributed by atoms with van der Waals surface area (Å²) in [5.74, 6) is -1.91. The molecule has 4 N–H and O–H groups in total. The van der Waals surface area contributed by atoms with Crippen molar-refractivity contribution >= 4 is 18.0 Å². The molecule has 0 aliphatic rings. The molecule has 0 bridgehead atoms. The highest BCUT2D eigenvalue weighted by molar-refractivity contribution is 5.86. The maximum Gasteiger partial charge on any atom is 0.326 e. The predicted octanol–water partition coefficient (Wildman–Crippen LogP) is 0.271. The van der Waals surface area contributed by atoms with Gasteiger partial charge in [-0.1, -0.05) is 0 Å². The maximum atomic E-state index is 11.6. The van der Waals surface area contributed by atoms with E-state index in [4.69, 9.17) is 14.6 Å². The van der Waals surface area contributed by atoms with Crippen LogP contribution in [-0.4, -0.2) is 39.2 Å². The fourth-order valence-electron chi connectivity index (χ4n) is 1.41. The van der Waals surface area contributed by atoms with Crippen molar-refractivity contribution in [2.75, 3.05) is 0 Å². The Morgan fingerprint density at radius 3 is 2.45 bits per heavy atom. The summed E-state index contributed by atoms with van der Waals surface area (Å²) in [5.41, 5.74) is 0. The zero-order valence-electron chi connectivity index (χ0n) is 10.9. The number of carbonyl (C=O) groups is 3. The number of rotatable bonds is 6. The molecule has 2 atom stereocenters. The number of aromatic nitrogens is 1. The molecule has 0 saturated heterocycles. The highest BCUT2D eigenvalue weighted by Gasteiger charge is 2.24. The molecule has 0 aliphatic heterocycles. The fraction of sp³-hybridized carbons (Fsp3) is 0.455. The monoisotopic (exact) mass is 285 g/mol. The Morgan fingerprint density at radius 2 is 2.00 bits per heavy atom. The lowest BCUT2D eigenvalue weighted by atomic mass is 10.2. The van der Waals surface area contributed by atoms with Crippen LogP contribution < -0.4 is 10.6 Å². The van der Waals surface area contributed by atoms with Crippen LogP contribution in [-0.2, 0) is 9.59 Å².